The minimum Gasteiger partial charge on any atom is -0.375 e. The van der Waals surface area contributed by atoms with Gasteiger partial charge in [-0.2, -0.15) is 0 Å². The van der Waals surface area contributed by atoms with Crippen LogP contribution in [0.25, 0.3) is 0 Å². The van der Waals surface area contributed by atoms with Crippen LogP contribution in [0.4, 0.5) is 13.9 Å². The molecule has 25 heavy (non-hydrogen) atoms. The van der Waals surface area contributed by atoms with Crippen molar-refractivity contribution in [2.75, 3.05) is 31.9 Å². The molecule has 1 aromatic heterocycles. The van der Waals surface area contributed by atoms with Crippen LogP contribution in [0, 0.1) is 0 Å². The van der Waals surface area contributed by atoms with E-state index < -0.39 is 18.5 Å². The summed E-state index contributed by atoms with van der Waals surface area (Å²) in [5.41, 5.74) is 5.73. The normalized spacial score (nSPS) is 29.0. The summed E-state index contributed by atoms with van der Waals surface area (Å²) < 4.78 is 33.6. The lowest BCUT2D eigenvalue weighted by Gasteiger charge is -2.42. The average molecular weight is 374 g/mol. The van der Waals surface area contributed by atoms with Gasteiger partial charge in [-0.15, -0.1) is 11.3 Å². The fourth-order valence-electron chi connectivity index (χ4n) is 3.61. The largest absolute Gasteiger partial charge is 0.375 e. The highest BCUT2D eigenvalue weighted by Gasteiger charge is 2.43. The van der Waals surface area contributed by atoms with E-state index in [1.54, 1.807) is 6.20 Å². The van der Waals surface area contributed by atoms with Gasteiger partial charge in [0.1, 0.15) is 0 Å². The Morgan fingerprint density at radius 2 is 2.12 bits per heavy atom. The number of nitrogens with two attached hydrogens (primary N) is 1. The van der Waals surface area contributed by atoms with Crippen LogP contribution in [0.5, 0.6) is 0 Å². The first-order valence-corrected chi connectivity index (χ1v) is 9.31. The minimum absolute atomic E-state index is 0.0643. The van der Waals surface area contributed by atoms with Gasteiger partial charge in [-0.3, -0.25) is 9.69 Å². The fourth-order valence-corrected chi connectivity index (χ4v) is 4.40. The van der Waals surface area contributed by atoms with Gasteiger partial charge < -0.3 is 15.4 Å². The molecule has 0 radical (unpaired) electrons. The smallest absolute Gasteiger partial charge is 0.265 e. The van der Waals surface area contributed by atoms with Crippen LogP contribution in [-0.2, 0) is 9.53 Å². The number of likely N-dealkylation sites (tertiary alicyclic amines) is 1. The quantitative estimate of drug-likeness (QED) is 0.874. The standard InChI is InChI=1S/C16H24F2N4O2S/c1-10-6-21(7-11(2)24-10)8-12(13-5-20-15(19)25-13)22-9-16(17,18)4-3-14(22)23/h5,10-12H,3-4,6-9H2,1-2H3,(H2,19,20)/t10-,11-,12?/m1/s1. The van der Waals surface area contributed by atoms with E-state index >= 15 is 0 Å². The van der Waals surface area contributed by atoms with Gasteiger partial charge in [-0.1, -0.05) is 0 Å². The molecule has 6 nitrogen and oxygen atoms in total. The summed E-state index contributed by atoms with van der Waals surface area (Å²) >= 11 is 1.25. The van der Waals surface area contributed by atoms with Gasteiger partial charge in [0.05, 0.1) is 29.7 Å². The first kappa shape index (κ1) is 18.5. The summed E-state index contributed by atoms with van der Waals surface area (Å²) in [6.45, 7) is 5.30. The zero-order chi connectivity index (χ0) is 18.2. The van der Waals surface area contributed by atoms with Crippen molar-refractivity contribution >= 4 is 22.4 Å². The Hall–Kier alpha value is -1.32. The average Bonchev–Trinajstić information content (AvgIpc) is 2.93. The second-order valence-corrected chi connectivity index (χ2v) is 8.06. The number of ether oxygens (including phenoxy) is 1. The predicted octanol–water partition coefficient (Wildman–Crippen LogP) is 2.13. The highest BCUT2D eigenvalue weighted by Crippen LogP contribution is 2.36. The highest BCUT2D eigenvalue weighted by molar-refractivity contribution is 7.15. The van der Waals surface area contributed by atoms with Gasteiger partial charge >= 0.3 is 0 Å². The van der Waals surface area contributed by atoms with E-state index in [0.717, 1.165) is 4.88 Å². The maximum atomic E-state index is 13.9. The molecule has 140 valence electrons. The second kappa shape index (κ2) is 7.13. The summed E-state index contributed by atoms with van der Waals surface area (Å²) in [5.74, 6) is -3.09. The van der Waals surface area contributed by atoms with Crippen LogP contribution in [0.3, 0.4) is 0 Å². The van der Waals surface area contributed by atoms with Crippen LogP contribution in [0.1, 0.15) is 37.6 Å². The third-order valence-electron chi connectivity index (χ3n) is 4.60. The number of carbonyl (C=O) groups is 1. The SMILES string of the molecule is C[C@@H]1CN(CC(c2cnc(N)s2)N2CC(F)(F)CCC2=O)C[C@@H](C)O1. The summed E-state index contributed by atoms with van der Waals surface area (Å²) in [5, 5.41) is 0.375. The number of hydrogen-bond donors (Lipinski definition) is 1. The predicted molar refractivity (Wildman–Crippen MR) is 91.6 cm³/mol. The Kier molecular flexibility index (Phi) is 5.26. The van der Waals surface area contributed by atoms with Crippen molar-refractivity contribution < 1.29 is 18.3 Å². The molecule has 1 amide bonds. The molecule has 9 heteroatoms. The molecule has 2 fully saturated rings. The van der Waals surface area contributed by atoms with E-state index in [1.807, 2.05) is 13.8 Å². The maximum Gasteiger partial charge on any atom is 0.265 e. The zero-order valence-corrected chi connectivity index (χ0v) is 15.3. The van der Waals surface area contributed by atoms with Crippen LogP contribution >= 0.6 is 11.3 Å². The van der Waals surface area contributed by atoms with E-state index in [9.17, 15) is 13.6 Å². The van der Waals surface area contributed by atoms with E-state index in [4.69, 9.17) is 10.5 Å². The lowest BCUT2D eigenvalue weighted by molar-refractivity contribution is -0.153. The molecule has 0 aliphatic carbocycles. The third kappa shape index (κ3) is 4.45. The zero-order valence-electron chi connectivity index (χ0n) is 14.5. The van der Waals surface area contributed by atoms with Gasteiger partial charge in [0.15, 0.2) is 5.13 Å². The molecule has 2 N–H and O–H groups in total. The molecule has 2 saturated heterocycles. The Bertz CT molecular complexity index is 617. The van der Waals surface area contributed by atoms with Crippen molar-refractivity contribution in [1.82, 2.24) is 14.8 Å². The molecule has 3 rings (SSSR count). The number of piperidine rings is 1. The molecule has 3 heterocycles. The van der Waals surface area contributed by atoms with Gasteiger partial charge in [0.25, 0.3) is 5.92 Å². The highest BCUT2D eigenvalue weighted by atomic mass is 32.1. The molecule has 0 aromatic carbocycles. The van der Waals surface area contributed by atoms with Crippen molar-refractivity contribution in [1.29, 1.82) is 0 Å². The molecule has 1 aromatic rings. The van der Waals surface area contributed by atoms with Gasteiger partial charge in [0.2, 0.25) is 5.91 Å². The van der Waals surface area contributed by atoms with E-state index in [-0.39, 0.29) is 31.0 Å². The van der Waals surface area contributed by atoms with Crippen LogP contribution in [0.15, 0.2) is 6.20 Å². The number of nitrogens with zero attached hydrogens (tertiary/aromatic N) is 3. The molecule has 2 aliphatic heterocycles. The van der Waals surface area contributed by atoms with E-state index in [2.05, 4.69) is 9.88 Å². The van der Waals surface area contributed by atoms with Gasteiger partial charge in [-0.25, -0.2) is 13.8 Å². The number of hydrogen-bond acceptors (Lipinski definition) is 6. The monoisotopic (exact) mass is 374 g/mol. The van der Waals surface area contributed by atoms with Crippen molar-refractivity contribution in [2.45, 2.75) is 50.9 Å². The van der Waals surface area contributed by atoms with Crippen molar-refractivity contribution in [3.63, 3.8) is 0 Å². The number of halogens is 2. The summed E-state index contributed by atoms with van der Waals surface area (Å²) in [7, 11) is 0. The molecule has 1 unspecified atom stereocenters. The number of amides is 1. The van der Waals surface area contributed by atoms with Crippen LogP contribution in [0.2, 0.25) is 0 Å². The number of rotatable bonds is 4. The van der Waals surface area contributed by atoms with Crippen molar-refractivity contribution in [3.05, 3.63) is 11.1 Å². The molecular formula is C16H24F2N4O2S. The lowest BCUT2D eigenvalue weighted by atomic mass is 10.0. The lowest BCUT2D eigenvalue weighted by Crippen LogP contribution is -2.53. The van der Waals surface area contributed by atoms with E-state index in [1.165, 1.54) is 16.2 Å². The molecular weight excluding hydrogens is 350 g/mol. The minimum atomic E-state index is -2.85. The number of thiazole rings is 1. The second-order valence-electron chi connectivity index (χ2n) is 6.97. The van der Waals surface area contributed by atoms with Crippen LogP contribution < -0.4 is 5.73 Å². The number of anilines is 1. The molecule has 0 bridgehead atoms. The number of carbonyl (C=O) groups excluding carboxylic acids is 1. The van der Waals surface area contributed by atoms with Gasteiger partial charge in [0, 0.05) is 38.7 Å². The van der Waals surface area contributed by atoms with Crippen molar-refractivity contribution in [2.24, 2.45) is 0 Å². The maximum absolute atomic E-state index is 13.9. The summed E-state index contributed by atoms with van der Waals surface area (Å²) in [4.78, 5) is 20.6. The fraction of sp³-hybridized carbons (Fsp3) is 0.750. The molecule has 3 atom stereocenters. The Balaban J connectivity index is 1.83. The number of aromatic nitrogens is 1. The number of nitrogen functional groups attached to an aromatic ring is 1. The topological polar surface area (TPSA) is 71.7 Å². The first-order valence-electron chi connectivity index (χ1n) is 8.50. The van der Waals surface area contributed by atoms with Gasteiger partial charge in [-0.05, 0) is 13.8 Å². The van der Waals surface area contributed by atoms with E-state index in [0.29, 0.717) is 24.8 Å². The molecule has 2 aliphatic rings. The Labute approximate surface area is 149 Å². The number of morpholine rings is 1. The van der Waals surface area contributed by atoms with Crippen LogP contribution in [-0.4, -0.2) is 65.0 Å². The summed E-state index contributed by atoms with van der Waals surface area (Å²) in [6, 6.07) is -0.467. The third-order valence-corrected chi connectivity index (χ3v) is 5.53. The first-order chi connectivity index (χ1) is 11.7. The molecule has 0 saturated carbocycles. The molecule has 0 spiro atoms. The Morgan fingerprint density at radius 1 is 1.44 bits per heavy atom. The summed E-state index contributed by atoms with van der Waals surface area (Å²) in [6.07, 6.45) is 1.21. The Morgan fingerprint density at radius 3 is 2.72 bits per heavy atom. The number of alkyl halides is 2. The van der Waals surface area contributed by atoms with Crippen molar-refractivity contribution in [3.8, 4) is 0 Å².